The fraction of sp³-hybridized carbons (Fsp3) is 0.500. The van der Waals surface area contributed by atoms with Crippen molar-refractivity contribution in [2.75, 3.05) is 5.73 Å². The molecule has 3 N–H and O–H groups in total. The number of nitrogen functional groups attached to an aromatic ring is 1. The van der Waals surface area contributed by atoms with Crippen LogP contribution in [-0.4, -0.2) is 21.0 Å². The molecular weight excluding hydrogens is 194 g/mol. The van der Waals surface area contributed by atoms with Gasteiger partial charge >= 0.3 is 5.97 Å². The van der Waals surface area contributed by atoms with Gasteiger partial charge in [-0.25, -0.2) is 9.97 Å². The number of carbonyl (C=O) groups is 1. The number of carboxylic acid groups (broad SMARTS) is 1. The van der Waals surface area contributed by atoms with Crippen LogP contribution in [0.25, 0.3) is 0 Å². The van der Waals surface area contributed by atoms with E-state index >= 15 is 0 Å². The molecular formula is C10H13N3O2. The van der Waals surface area contributed by atoms with E-state index in [1.165, 1.54) is 0 Å². The van der Waals surface area contributed by atoms with Gasteiger partial charge in [-0.1, -0.05) is 0 Å². The minimum Gasteiger partial charge on any atom is -0.481 e. The number of carboxylic acids is 1. The quantitative estimate of drug-likeness (QED) is 0.756. The molecule has 2 rings (SSSR count). The second-order valence-corrected chi connectivity index (χ2v) is 3.70. The van der Waals surface area contributed by atoms with Gasteiger partial charge in [-0.2, -0.15) is 0 Å². The summed E-state index contributed by atoms with van der Waals surface area (Å²) in [5.41, 5.74) is 7.83. The van der Waals surface area contributed by atoms with Crippen LogP contribution < -0.4 is 5.73 Å². The molecule has 0 saturated heterocycles. The lowest BCUT2D eigenvalue weighted by molar-refractivity contribution is -0.137. The number of aryl methyl sites for hydroxylation is 2. The Bertz CT molecular complexity index is 404. The lowest BCUT2D eigenvalue weighted by atomic mass is 10.2. The zero-order valence-electron chi connectivity index (χ0n) is 8.36. The first-order valence-corrected chi connectivity index (χ1v) is 5.03. The van der Waals surface area contributed by atoms with Gasteiger partial charge in [0.1, 0.15) is 11.6 Å². The van der Waals surface area contributed by atoms with Gasteiger partial charge in [0.15, 0.2) is 0 Å². The van der Waals surface area contributed by atoms with E-state index in [1.807, 2.05) is 0 Å². The molecule has 0 amide bonds. The molecule has 1 aliphatic rings. The second-order valence-electron chi connectivity index (χ2n) is 3.70. The summed E-state index contributed by atoms with van der Waals surface area (Å²) in [5.74, 6) is 0.242. The largest absolute Gasteiger partial charge is 0.481 e. The summed E-state index contributed by atoms with van der Waals surface area (Å²) in [6.45, 7) is 0. The van der Waals surface area contributed by atoms with Crippen LogP contribution in [0.2, 0.25) is 0 Å². The molecule has 0 bridgehead atoms. The molecule has 0 atom stereocenters. The van der Waals surface area contributed by atoms with Crippen molar-refractivity contribution < 1.29 is 9.90 Å². The summed E-state index contributed by atoms with van der Waals surface area (Å²) in [6, 6.07) is 0. The van der Waals surface area contributed by atoms with E-state index in [-0.39, 0.29) is 6.42 Å². The van der Waals surface area contributed by atoms with E-state index in [0.717, 1.165) is 30.5 Å². The van der Waals surface area contributed by atoms with Crippen LogP contribution in [0, 0.1) is 0 Å². The van der Waals surface area contributed by atoms with Gasteiger partial charge in [0.2, 0.25) is 0 Å². The normalized spacial score (nSPS) is 13.9. The molecule has 0 unspecified atom stereocenters. The fourth-order valence-electron chi connectivity index (χ4n) is 1.84. The van der Waals surface area contributed by atoms with E-state index in [1.54, 1.807) is 0 Å². The SMILES string of the molecule is Nc1nc(CCC(=O)O)nc2c1CCC2. The second kappa shape index (κ2) is 3.84. The summed E-state index contributed by atoms with van der Waals surface area (Å²) >= 11 is 0. The molecule has 0 radical (unpaired) electrons. The predicted molar refractivity (Wildman–Crippen MR) is 54.4 cm³/mol. The molecule has 0 aliphatic heterocycles. The van der Waals surface area contributed by atoms with Crippen LogP contribution in [0.1, 0.15) is 29.9 Å². The summed E-state index contributed by atoms with van der Waals surface area (Å²) in [5, 5.41) is 8.55. The highest BCUT2D eigenvalue weighted by atomic mass is 16.4. The van der Waals surface area contributed by atoms with Crippen LogP contribution in [0.4, 0.5) is 5.82 Å². The molecule has 0 aromatic carbocycles. The molecule has 5 nitrogen and oxygen atoms in total. The van der Waals surface area contributed by atoms with Gasteiger partial charge in [0.25, 0.3) is 0 Å². The van der Waals surface area contributed by atoms with E-state index < -0.39 is 5.97 Å². The number of nitrogens with two attached hydrogens (primary N) is 1. The first kappa shape index (κ1) is 9.89. The number of fused-ring (bicyclic) bond motifs is 1. The lowest BCUT2D eigenvalue weighted by Gasteiger charge is -2.05. The Morgan fingerprint density at radius 3 is 2.93 bits per heavy atom. The lowest BCUT2D eigenvalue weighted by Crippen LogP contribution is -2.07. The maximum Gasteiger partial charge on any atom is 0.303 e. The van der Waals surface area contributed by atoms with E-state index in [9.17, 15) is 4.79 Å². The van der Waals surface area contributed by atoms with Crippen LogP contribution in [-0.2, 0) is 24.1 Å². The van der Waals surface area contributed by atoms with E-state index in [4.69, 9.17) is 10.8 Å². The Kier molecular flexibility index (Phi) is 2.53. The van der Waals surface area contributed by atoms with Gasteiger partial charge in [-0.05, 0) is 19.3 Å². The first-order chi connectivity index (χ1) is 7.16. The minimum absolute atomic E-state index is 0.0538. The Hall–Kier alpha value is -1.65. The van der Waals surface area contributed by atoms with Gasteiger partial charge in [-0.15, -0.1) is 0 Å². The van der Waals surface area contributed by atoms with Crippen molar-refractivity contribution in [1.82, 2.24) is 9.97 Å². The zero-order chi connectivity index (χ0) is 10.8. The molecule has 80 valence electrons. The van der Waals surface area contributed by atoms with Crippen molar-refractivity contribution in [3.05, 3.63) is 17.1 Å². The molecule has 0 spiro atoms. The molecule has 1 heterocycles. The smallest absolute Gasteiger partial charge is 0.303 e. The van der Waals surface area contributed by atoms with Crippen molar-refractivity contribution in [2.24, 2.45) is 0 Å². The summed E-state index contributed by atoms with van der Waals surface area (Å²) in [6.07, 6.45) is 3.35. The van der Waals surface area contributed by atoms with Crippen LogP contribution in [0.3, 0.4) is 0 Å². The standard InChI is InChI=1S/C10H13N3O2/c11-10-6-2-1-3-7(6)12-8(13-10)4-5-9(14)15/h1-5H2,(H,14,15)(H2,11,12,13). The number of nitrogens with zero attached hydrogens (tertiary/aromatic N) is 2. The van der Waals surface area contributed by atoms with Gasteiger partial charge in [-0.3, -0.25) is 4.79 Å². The number of aromatic nitrogens is 2. The van der Waals surface area contributed by atoms with Gasteiger partial charge in [0.05, 0.1) is 6.42 Å². The topological polar surface area (TPSA) is 89.1 Å². The highest BCUT2D eigenvalue weighted by Crippen LogP contribution is 2.24. The van der Waals surface area contributed by atoms with Crippen molar-refractivity contribution in [3.8, 4) is 0 Å². The predicted octanol–water partition coefficient (Wildman–Crippen LogP) is 0.565. The molecule has 0 fully saturated rings. The minimum atomic E-state index is -0.835. The number of aliphatic carboxylic acids is 1. The van der Waals surface area contributed by atoms with Crippen molar-refractivity contribution in [2.45, 2.75) is 32.1 Å². The Morgan fingerprint density at radius 2 is 2.20 bits per heavy atom. The monoisotopic (exact) mass is 207 g/mol. The fourth-order valence-corrected chi connectivity index (χ4v) is 1.84. The highest BCUT2D eigenvalue weighted by molar-refractivity contribution is 5.66. The third-order valence-corrected chi connectivity index (χ3v) is 2.57. The average Bonchev–Trinajstić information content (AvgIpc) is 2.63. The Labute approximate surface area is 87.4 Å². The van der Waals surface area contributed by atoms with Crippen LogP contribution >= 0.6 is 0 Å². The third-order valence-electron chi connectivity index (χ3n) is 2.57. The third kappa shape index (κ3) is 2.06. The van der Waals surface area contributed by atoms with Gasteiger partial charge in [0, 0.05) is 17.7 Å². The van der Waals surface area contributed by atoms with Crippen molar-refractivity contribution in [1.29, 1.82) is 0 Å². The first-order valence-electron chi connectivity index (χ1n) is 5.03. The number of hydrogen-bond acceptors (Lipinski definition) is 4. The summed E-state index contributed by atoms with van der Waals surface area (Å²) in [7, 11) is 0. The summed E-state index contributed by atoms with van der Waals surface area (Å²) < 4.78 is 0. The van der Waals surface area contributed by atoms with E-state index in [2.05, 4.69) is 9.97 Å². The van der Waals surface area contributed by atoms with Crippen molar-refractivity contribution in [3.63, 3.8) is 0 Å². The average molecular weight is 207 g/mol. The maximum atomic E-state index is 10.4. The molecule has 1 aromatic heterocycles. The summed E-state index contributed by atoms with van der Waals surface area (Å²) in [4.78, 5) is 18.9. The molecule has 0 saturated carbocycles. The van der Waals surface area contributed by atoms with Crippen LogP contribution in [0.15, 0.2) is 0 Å². The molecule has 15 heavy (non-hydrogen) atoms. The molecule has 1 aromatic rings. The van der Waals surface area contributed by atoms with Crippen molar-refractivity contribution >= 4 is 11.8 Å². The number of hydrogen-bond donors (Lipinski definition) is 2. The van der Waals surface area contributed by atoms with E-state index in [0.29, 0.717) is 18.1 Å². The Morgan fingerprint density at radius 1 is 1.40 bits per heavy atom. The number of rotatable bonds is 3. The Balaban J connectivity index is 2.20. The van der Waals surface area contributed by atoms with Gasteiger partial charge < -0.3 is 10.8 Å². The zero-order valence-corrected chi connectivity index (χ0v) is 8.36. The number of anilines is 1. The maximum absolute atomic E-state index is 10.4. The highest BCUT2D eigenvalue weighted by Gasteiger charge is 2.17. The molecule has 5 heteroatoms. The molecule has 1 aliphatic carbocycles. The van der Waals surface area contributed by atoms with Crippen LogP contribution in [0.5, 0.6) is 0 Å².